The molecule has 2 aliphatic rings. The number of hydrogen-bond donors (Lipinski definition) is 0. The number of fused-ring (bicyclic) bond motifs is 2. The molecule has 2 aromatic rings. The maximum absolute atomic E-state index is 14.0. The Morgan fingerprint density at radius 2 is 1.75 bits per heavy atom. The van der Waals surface area contributed by atoms with Gasteiger partial charge in [0.2, 0.25) is 0 Å². The number of ether oxygens (including phenoxy) is 1. The van der Waals surface area contributed by atoms with E-state index >= 15 is 0 Å². The van der Waals surface area contributed by atoms with Crippen LogP contribution < -0.4 is 4.90 Å². The Kier molecular flexibility index (Phi) is 5.17. The number of likely N-dealkylation sites (tertiary alicyclic amines) is 1. The van der Waals surface area contributed by atoms with Crippen molar-refractivity contribution in [2.75, 3.05) is 38.3 Å². The van der Waals surface area contributed by atoms with Crippen molar-refractivity contribution >= 4 is 11.6 Å². The van der Waals surface area contributed by atoms with E-state index in [1.54, 1.807) is 17.0 Å². The van der Waals surface area contributed by atoms with Crippen LogP contribution in [0.15, 0.2) is 42.5 Å². The van der Waals surface area contributed by atoms with E-state index in [2.05, 4.69) is 4.90 Å². The van der Waals surface area contributed by atoms with E-state index in [4.69, 9.17) is 4.74 Å². The molecule has 0 saturated carbocycles. The summed E-state index contributed by atoms with van der Waals surface area (Å²) in [7, 11) is 1.50. The van der Waals surface area contributed by atoms with Crippen molar-refractivity contribution in [3.05, 3.63) is 65.2 Å². The number of methoxy groups -OCH3 is 1. The number of anilines is 1. The first-order chi connectivity index (χ1) is 13.5. The second-order valence-electron chi connectivity index (χ2n) is 7.76. The number of carbonyl (C=O) groups is 1. The van der Waals surface area contributed by atoms with Crippen molar-refractivity contribution in [3.8, 4) is 0 Å². The topological polar surface area (TPSA) is 32.8 Å². The smallest absolute Gasteiger partial charge is 0.252 e. The lowest BCUT2D eigenvalue weighted by Crippen LogP contribution is -2.46. The molecule has 4 nitrogen and oxygen atoms in total. The highest BCUT2D eigenvalue weighted by Gasteiger charge is 2.46. The summed E-state index contributed by atoms with van der Waals surface area (Å²) >= 11 is 0. The van der Waals surface area contributed by atoms with Crippen LogP contribution in [0.4, 0.5) is 14.5 Å². The van der Waals surface area contributed by atoms with Crippen molar-refractivity contribution < 1.29 is 18.3 Å². The molecule has 28 heavy (non-hydrogen) atoms. The highest BCUT2D eigenvalue weighted by Crippen LogP contribution is 2.47. The molecular formula is C22H24F2N2O2. The van der Waals surface area contributed by atoms with Crippen molar-refractivity contribution in [2.24, 2.45) is 0 Å². The van der Waals surface area contributed by atoms with Gasteiger partial charge in [-0.3, -0.25) is 9.69 Å². The summed E-state index contributed by atoms with van der Waals surface area (Å²) < 4.78 is 32.1. The average molecular weight is 386 g/mol. The van der Waals surface area contributed by atoms with Gasteiger partial charge >= 0.3 is 0 Å². The normalized spacial score (nSPS) is 18.5. The summed E-state index contributed by atoms with van der Waals surface area (Å²) in [5, 5.41) is 0. The molecule has 2 heterocycles. The minimum atomic E-state index is -0.270. The number of benzene rings is 2. The lowest BCUT2D eigenvalue weighted by atomic mass is 9.74. The Morgan fingerprint density at radius 3 is 2.43 bits per heavy atom. The molecule has 0 aliphatic carbocycles. The Hall–Kier alpha value is -2.31. The standard InChI is InChI=1S/C22H24F2N2O2/c1-28-14-21(27)26-15-22(19-12-18(24)6-7-20(19)26)8-10-25(11-9-22)13-16-2-4-17(23)5-3-16/h2-7,12H,8-11,13-15H2,1H3. The van der Waals surface area contributed by atoms with Crippen molar-refractivity contribution in [3.63, 3.8) is 0 Å². The molecule has 6 heteroatoms. The monoisotopic (exact) mass is 386 g/mol. The molecule has 0 radical (unpaired) electrons. The van der Waals surface area contributed by atoms with Crippen LogP contribution in [-0.4, -0.2) is 44.2 Å². The molecule has 2 aromatic carbocycles. The van der Waals surface area contributed by atoms with Crippen LogP contribution in [0.2, 0.25) is 0 Å². The summed E-state index contributed by atoms with van der Waals surface area (Å²) in [5.74, 6) is -0.597. The minimum Gasteiger partial charge on any atom is -0.375 e. The van der Waals surface area contributed by atoms with Gasteiger partial charge in [0, 0.05) is 31.3 Å². The lowest BCUT2D eigenvalue weighted by molar-refractivity contribution is -0.122. The first kappa shape index (κ1) is 19.0. The molecule has 2 aliphatic heterocycles. The summed E-state index contributed by atoms with van der Waals surface area (Å²) in [4.78, 5) is 16.6. The van der Waals surface area contributed by atoms with Gasteiger partial charge in [-0.15, -0.1) is 0 Å². The van der Waals surface area contributed by atoms with Crippen LogP contribution in [-0.2, 0) is 21.5 Å². The largest absolute Gasteiger partial charge is 0.375 e. The highest BCUT2D eigenvalue weighted by atomic mass is 19.1. The van der Waals surface area contributed by atoms with Gasteiger partial charge in [0.15, 0.2) is 0 Å². The third-order valence-electron chi connectivity index (χ3n) is 5.98. The predicted octanol–water partition coefficient (Wildman–Crippen LogP) is 3.49. The predicted molar refractivity (Wildman–Crippen MR) is 103 cm³/mol. The quantitative estimate of drug-likeness (QED) is 0.807. The fourth-order valence-electron chi connectivity index (χ4n) is 4.48. The van der Waals surface area contributed by atoms with Gasteiger partial charge in [-0.05, 0) is 67.4 Å². The first-order valence-electron chi connectivity index (χ1n) is 9.57. The Bertz CT molecular complexity index is 861. The fourth-order valence-corrected chi connectivity index (χ4v) is 4.48. The molecule has 0 bridgehead atoms. The van der Waals surface area contributed by atoms with E-state index in [-0.39, 0.29) is 29.6 Å². The molecule has 1 saturated heterocycles. The van der Waals surface area contributed by atoms with Crippen LogP contribution in [0, 0.1) is 11.6 Å². The second kappa shape index (κ2) is 7.60. The summed E-state index contributed by atoms with van der Waals surface area (Å²) in [6, 6.07) is 11.3. The third kappa shape index (κ3) is 3.54. The zero-order valence-corrected chi connectivity index (χ0v) is 16.0. The molecule has 4 rings (SSSR count). The van der Waals surface area contributed by atoms with Gasteiger partial charge in [-0.2, -0.15) is 0 Å². The minimum absolute atomic E-state index is 0.0174. The van der Waals surface area contributed by atoms with Crippen LogP contribution in [0.25, 0.3) is 0 Å². The Balaban J connectivity index is 1.52. The molecule has 0 aromatic heterocycles. The number of amides is 1. The third-order valence-corrected chi connectivity index (χ3v) is 5.98. The zero-order valence-electron chi connectivity index (χ0n) is 16.0. The maximum Gasteiger partial charge on any atom is 0.252 e. The molecule has 0 unspecified atom stereocenters. The van der Waals surface area contributed by atoms with Crippen molar-refractivity contribution in [2.45, 2.75) is 24.8 Å². The number of nitrogens with zero attached hydrogens (tertiary/aromatic N) is 2. The van der Waals surface area contributed by atoms with Crippen LogP contribution in [0.1, 0.15) is 24.0 Å². The molecule has 1 fully saturated rings. The number of halogens is 2. The lowest BCUT2D eigenvalue weighted by Gasteiger charge is -2.40. The molecule has 1 spiro atoms. The number of carbonyl (C=O) groups excluding carboxylic acids is 1. The second-order valence-corrected chi connectivity index (χ2v) is 7.76. The van der Waals surface area contributed by atoms with Gasteiger partial charge in [0.05, 0.1) is 0 Å². The van der Waals surface area contributed by atoms with Gasteiger partial charge in [-0.25, -0.2) is 8.78 Å². The SMILES string of the molecule is COCC(=O)N1CC2(CCN(Cc3ccc(F)cc3)CC2)c2cc(F)ccc21. The van der Waals surface area contributed by atoms with Crippen LogP contribution in [0.5, 0.6) is 0 Å². The Labute approximate surface area is 163 Å². The van der Waals surface area contributed by atoms with Gasteiger partial charge < -0.3 is 9.64 Å². The molecule has 0 atom stereocenters. The molecule has 1 amide bonds. The molecule has 0 N–H and O–H groups in total. The van der Waals surface area contributed by atoms with E-state index in [0.29, 0.717) is 6.54 Å². The maximum atomic E-state index is 14.0. The van der Waals surface area contributed by atoms with Gasteiger partial charge in [0.25, 0.3) is 5.91 Å². The van der Waals surface area contributed by atoms with E-state index in [1.165, 1.54) is 25.3 Å². The summed E-state index contributed by atoms with van der Waals surface area (Å²) in [5.41, 5.74) is 2.58. The summed E-state index contributed by atoms with van der Waals surface area (Å²) in [6.45, 7) is 3.04. The summed E-state index contributed by atoms with van der Waals surface area (Å²) in [6.07, 6.45) is 1.70. The Morgan fingerprint density at radius 1 is 1.07 bits per heavy atom. The molecule has 148 valence electrons. The van der Waals surface area contributed by atoms with E-state index in [9.17, 15) is 13.6 Å². The van der Waals surface area contributed by atoms with E-state index < -0.39 is 0 Å². The number of piperidine rings is 1. The highest BCUT2D eigenvalue weighted by molar-refractivity contribution is 5.97. The number of rotatable bonds is 4. The average Bonchev–Trinajstić information content (AvgIpc) is 2.99. The van der Waals surface area contributed by atoms with E-state index in [1.807, 2.05) is 12.1 Å². The van der Waals surface area contributed by atoms with Crippen LogP contribution in [0.3, 0.4) is 0 Å². The molecular weight excluding hydrogens is 362 g/mol. The number of hydrogen-bond acceptors (Lipinski definition) is 3. The first-order valence-corrected chi connectivity index (χ1v) is 9.57. The van der Waals surface area contributed by atoms with Gasteiger partial charge in [-0.1, -0.05) is 12.1 Å². The van der Waals surface area contributed by atoms with Crippen molar-refractivity contribution in [1.82, 2.24) is 4.90 Å². The van der Waals surface area contributed by atoms with Crippen molar-refractivity contribution in [1.29, 1.82) is 0 Å². The van der Waals surface area contributed by atoms with Gasteiger partial charge in [0.1, 0.15) is 18.2 Å². The van der Waals surface area contributed by atoms with Crippen LogP contribution >= 0.6 is 0 Å². The fraction of sp³-hybridized carbons (Fsp3) is 0.409. The van der Waals surface area contributed by atoms with E-state index in [0.717, 1.165) is 49.3 Å². The zero-order chi connectivity index (χ0) is 19.7.